The monoisotopic (exact) mass is 395 g/mol. The maximum atomic E-state index is 12.6. The summed E-state index contributed by atoms with van der Waals surface area (Å²) in [5, 5.41) is 9.42. The van der Waals surface area contributed by atoms with E-state index in [1.165, 1.54) is 18.4 Å². The summed E-state index contributed by atoms with van der Waals surface area (Å²) in [6, 6.07) is 18.2. The minimum Gasteiger partial charge on any atom is -0.425 e. The van der Waals surface area contributed by atoms with E-state index in [4.69, 9.17) is 16.3 Å². The summed E-state index contributed by atoms with van der Waals surface area (Å²) < 4.78 is 5.53. The van der Waals surface area contributed by atoms with E-state index in [2.05, 4.69) is 37.3 Å². The molecule has 0 bridgehead atoms. The van der Waals surface area contributed by atoms with Gasteiger partial charge in [0.1, 0.15) is 5.75 Å². The van der Waals surface area contributed by atoms with E-state index >= 15 is 0 Å². The molecule has 0 radical (unpaired) electrons. The lowest BCUT2D eigenvalue weighted by Crippen LogP contribution is -2.38. The molecule has 0 N–H and O–H groups in total. The molecule has 2 aromatic carbocycles. The van der Waals surface area contributed by atoms with Crippen molar-refractivity contribution in [2.24, 2.45) is 5.41 Å². The minimum atomic E-state index is -1.13. The number of aryl methyl sites for hydroxylation is 1. The van der Waals surface area contributed by atoms with E-state index in [9.17, 15) is 10.1 Å². The summed E-state index contributed by atoms with van der Waals surface area (Å²) in [6.45, 7) is 2.20. The molecule has 2 unspecified atom stereocenters. The Hall–Kier alpha value is -2.31. The molecule has 0 amide bonds. The number of nitrogens with zero attached hydrogens (tertiary/aromatic N) is 1. The van der Waals surface area contributed by atoms with Gasteiger partial charge in [-0.2, -0.15) is 5.26 Å². The molecule has 0 aliphatic heterocycles. The smallest absolute Gasteiger partial charge is 0.331 e. The van der Waals surface area contributed by atoms with Gasteiger partial charge in [-0.25, -0.2) is 4.79 Å². The van der Waals surface area contributed by atoms with Crippen molar-refractivity contribution >= 4 is 17.6 Å². The van der Waals surface area contributed by atoms with Gasteiger partial charge < -0.3 is 4.74 Å². The fraction of sp³-hybridized carbons (Fsp3) is 0.417. The summed E-state index contributed by atoms with van der Waals surface area (Å²) in [5.41, 5.74) is 2.42. The van der Waals surface area contributed by atoms with E-state index < -0.39 is 11.4 Å². The molecular weight excluding hydrogens is 370 g/mol. The number of rotatable bonds is 6. The van der Waals surface area contributed by atoms with Crippen LogP contribution in [0.3, 0.4) is 0 Å². The predicted octanol–water partition coefficient (Wildman–Crippen LogP) is 6.29. The van der Waals surface area contributed by atoms with Crippen LogP contribution in [0, 0.1) is 16.7 Å². The first-order valence-electron chi connectivity index (χ1n) is 10.0. The van der Waals surface area contributed by atoms with E-state index in [1.807, 2.05) is 12.1 Å². The van der Waals surface area contributed by atoms with Crippen LogP contribution < -0.4 is 4.74 Å². The van der Waals surface area contributed by atoms with Crippen LogP contribution in [0.4, 0.5) is 0 Å². The van der Waals surface area contributed by atoms with Crippen molar-refractivity contribution in [1.82, 2.24) is 0 Å². The molecule has 146 valence electrons. The molecule has 2 aromatic rings. The molecule has 1 aliphatic carbocycles. The molecule has 3 nitrogen and oxygen atoms in total. The average Bonchev–Trinajstić information content (AvgIpc) is 2.73. The first-order chi connectivity index (χ1) is 13.6. The number of esters is 1. The second-order valence-corrected chi connectivity index (χ2v) is 8.22. The third-order valence-electron chi connectivity index (χ3n) is 5.47. The molecule has 4 heteroatoms. The van der Waals surface area contributed by atoms with Crippen LogP contribution in [-0.2, 0) is 11.2 Å². The fourth-order valence-electron chi connectivity index (χ4n) is 3.71. The number of halogens is 1. The molecule has 3 rings (SSSR count). The summed E-state index contributed by atoms with van der Waals surface area (Å²) in [5.74, 6) is -0.0342. The number of alkyl halides is 1. The Balaban J connectivity index is 1.67. The van der Waals surface area contributed by atoms with E-state index in [0.717, 1.165) is 30.4 Å². The van der Waals surface area contributed by atoms with Crippen LogP contribution in [0.1, 0.15) is 51.0 Å². The van der Waals surface area contributed by atoms with Gasteiger partial charge in [0.15, 0.2) is 5.41 Å². The third-order valence-corrected chi connectivity index (χ3v) is 5.84. The number of carbonyl (C=O) groups excluding carboxylic acids is 1. The van der Waals surface area contributed by atoms with Gasteiger partial charge >= 0.3 is 5.97 Å². The second kappa shape index (κ2) is 9.26. The molecule has 0 spiro atoms. The van der Waals surface area contributed by atoms with Gasteiger partial charge in [-0.05, 0) is 67.3 Å². The second-order valence-electron chi connectivity index (χ2n) is 7.60. The zero-order chi connectivity index (χ0) is 20.0. The molecule has 0 aromatic heterocycles. The first kappa shape index (κ1) is 20.4. The lowest BCUT2D eigenvalue weighted by Gasteiger charge is -2.30. The Morgan fingerprint density at radius 3 is 2.39 bits per heavy atom. The van der Waals surface area contributed by atoms with Crippen LogP contribution in [-0.4, -0.2) is 11.3 Å². The van der Waals surface area contributed by atoms with Crippen molar-refractivity contribution in [1.29, 1.82) is 5.26 Å². The Labute approximate surface area is 172 Å². The molecule has 0 saturated heterocycles. The van der Waals surface area contributed by atoms with Crippen molar-refractivity contribution < 1.29 is 9.53 Å². The molecule has 0 heterocycles. The lowest BCUT2D eigenvalue weighted by atomic mass is 9.75. The first-order valence-corrected chi connectivity index (χ1v) is 10.5. The quantitative estimate of drug-likeness (QED) is 0.328. The molecule has 2 atom stereocenters. The zero-order valence-electron chi connectivity index (χ0n) is 16.3. The maximum absolute atomic E-state index is 12.6. The van der Waals surface area contributed by atoms with Gasteiger partial charge in [-0.15, -0.1) is 11.6 Å². The molecular formula is C24H26ClNO2. The largest absolute Gasteiger partial charge is 0.425 e. The number of benzene rings is 2. The standard InChI is InChI=1S/C24H26ClNO2/c1-2-3-5-18-7-9-19(10-8-18)20-11-13-22(14-12-20)28-23(27)24(17-26)15-4-6-21(25)16-24/h7-14,21H,2-6,15-16H2,1H3. The third kappa shape index (κ3) is 4.75. The van der Waals surface area contributed by atoms with Crippen LogP contribution in [0.2, 0.25) is 0 Å². The van der Waals surface area contributed by atoms with Crippen molar-refractivity contribution in [3.8, 4) is 22.9 Å². The number of nitriles is 1. The van der Waals surface area contributed by atoms with Crippen molar-refractivity contribution in [2.45, 2.75) is 57.2 Å². The van der Waals surface area contributed by atoms with Crippen molar-refractivity contribution in [2.75, 3.05) is 0 Å². The van der Waals surface area contributed by atoms with Gasteiger partial charge in [-0.1, -0.05) is 49.7 Å². The SMILES string of the molecule is CCCCc1ccc(-c2ccc(OC(=O)C3(C#N)CCCC(Cl)C3)cc2)cc1. The summed E-state index contributed by atoms with van der Waals surface area (Å²) >= 11 is 6.20. The minimum absolute atomic E-state index is 0.149. The molecule has 1 fully saturated rings. The normalized spacial score (nSPS) is 21.7. The summed E-state index contributed by atoms with van der Waals surface area (Å²) in [4.78, 5) is 12.6. The van der Waals surface area contributed by atoms with Crippen LogP contribution in [0.15, 0.2) is 48.5 Å². The Morgan fingerprint density at radius 2 is 1.82 bits per heavy atom. The average molecular weight is 396 g/mol. The Morgan fingerprint density at radius 1 is 1.18 bits per heavy atom. The Bertz CT molecular complexity index is 838. The maximum Gasteiger partial charge on any atom is 0.331 e. The topological polar surface area (TPSA) is 50.1 Å². The molecule has 1 aliphatic rings. The number of ether oxygens (including phenoxy) is 1. The highest BCUT2D eigenvalue weighted by Crippen LogP contribution is 2.39. The van der Waals surface area contributed by atoms with Gasteiger partial charge in [-0.3, -0.25) is 0 Å². The highest BCUT2D eigenvalue weighted by molar-refractivity contribution is 6.20. The Kier molecular flexibility index (Phi) is 6.75. The van der Waals surface area contributed by atoms with Gasteiger partial charge in [0.05, 0.1) is 6.07 Å². The number of hydrogen-bond donors (Lipinski definition) is 0. The number of hydrogen-bond acceptors (Lipinski definition) is 3. The van der Waals surface area contributed by atoms with Crippen LogP contribution in [0.25, 0.3) is 11.1 Å². The van der Waals surface area contributed by atoms with Gasteiger partial charge in [0.2, 0.25) is 0 Å². The predicted molar refractivity (Wildman–Crippen MR) is 112 cm³/mol. The molecule has 1 saturated carbocycles. The highest BCUT2D eigenvalue weighted by atomic mass is 35.5. The number of carbonyl (C=O) groups is 1. The van der Waals surface area contributed by atoms with Crippen LogP contribution in [0.5, 0.6) is 5.75 Å². The summed E-state index contributed by atoms with van der Waals surface area (Å²) in [7, 11) is 0. The zero-order valence-corrected chi connectivity index (χ0v) is 17.0. The highest BCUT2D eigenvalue weighted by Gasteiger charge is 2.44. The lowest BCUT2D eigenvalue weighted by molar-refractivity contribution is -0.144. The van der Waals surface area contributed by atoms with E-state index in [0.29, 0.717) is 18.6 Å². The van der Waals surface area contributed by atoms with E-state index in [1.54, 1.807) is 12.1 Å². The van der Waals surface area contributed by atoms with Crippen LogP contribution >= 0.6 is 11.6 Å². The summed E-state index contributed by atoms with van der Waals surface area (Å²) in [6.07, 6.45) is 5.97. The van der Waals surface area contributed by atoms with E-state index in [-0.39, 0.29) is 5.38 Å². The molecule has 28 heavy (non-hydrogen) atoms. The van der Waals surface area contributed by atoms with Gasteiger partial charge in [0, 0.05) is 5.38 Å². The van der Waals surface area contributed by atoms with Gasteiger partial charge in [0.25, 0.3) is 0 Å². The van der Waals surface area contributed by atoms with Crippen molar-refractivity contribution in [3.63, 3.8) is 0 Å². The van der Waals surface area contributed by atoms with Crippen molar-refractivity contribution in [3.05, 3.63) is 54.1 Å². The fourth-order valence-corrected chi connectivity index (χ4v) is 4.12. The number of unbranched alkanes of at least 4 members (excludes halogenated alkanes) is 1.